The van der Waals surface area contributed by atoms with E-state index in [-0.39, 0.29) is 11.2 Å². The van der Waals surface area contributed by atoms with E-state index < -0.39 is 0 Å². The van der Waals surface area contributed by atoms with E-state index in [1.807, 2.05) is 25.1 Å². The van der Waals surface area contributed by atoms with E-state index in [4.69, 9.17) is 4.74 Å². The molecule has 1 aromatic rings. The van der Waals surface area contributed by atoms with Gasteiger partial charge in [-0.15, -0.1) is 0 Å². The number of thioether (sulfide) groups is 1. The van der Waals surface area contributed by atoms with Gasteiger partial charge in [0.15, 0.2) is 5.17 Å². The maximum Gasteiger partial charge on any atom is 0.325 e. The number of hydrogen-bond acceptors (Lipinski definition) is 4. The van der Waals surface area contributed by atoms with Gasteiger partial charge in [0.25, 0.3) is 0 Å². The first-order chi connectivity index (χ1) is 9.51. The van der Waals surface area contributed by atoms with Gasteiger partial charge < -0.3 is 4.74 Å². The van der Waals surface area contributed by atoms with E-state index in [9.17, 15) is 4.79 Å². The predicted molar refractivity (Wildman–Crippen MR) is 84.1 cm³/mol. The zero-order valence-corrected chi connectivity index (χ0v) is 13.0. The minimum absolute atomic E-state index is 0.246. The Morgan fingerprint density at radius 3 is 2.75 bits per heavy atom. The van der Waals surface area contributed by atoms with Crippen LogP contribution in [0.2, 0.25) is 0 Å². The lowest BCUT2D eigenvalue weighted by Crippen LogP contribution is -2.24. The highest BCUT2D eigenvalue weighted by molar-refractivity contribution is 8.16. The average molecular weight is 290 g/mol. The molecule has 0 spiro atoms. The second-order valence-corrected chi connectivity index (χ2v) is 5.74. The third kappa shape index (κ3) is 3.28. The molecule has 0 saturated carbocycles. The van der Waals surface area contributed by atoms with Crippen LogP contribution in [-0.4, -0.2) is 28.7 Å². The summed E-state index contributed by atoms with van der Waals surface area (Å²) in [5, 5.41) is 0.254. The largest absolute Gasteiger partial charge is 0.465 e. The van der Waals surface area contributed by atoms with Crippen LogP contribution in [0, 0.1) is 13.8 Å². The van der Waals surface area contributed by atoms with E-state index in [0.717, 1.165) is 11.4 Å². The number of rotatable bonds is 3. The minimum Gasteiger partial charge on any atom is -0.465 e. The van der Waals surface area contributed by atoms with Crippen LogP contribution in [0.15, 0.2) is 28.2 Å². The standard InChI is InChI=1S/C15H18N2O2S/c1-5-19-14(18)13-11(4)16-15(20-13)17-12-7-6-9(2)10(3)8-12/h6-8,13H,5H2,1-4H3/t13-/m1/s1. The highest BCUT2D eigenvalue weighted by Crippen LogP contribution is 2.28. The third-order valence-corrected chi connectivity index (χ3v) is 4.25. The number of nitrogens with zero attached hydrogens (tertiary/aromatic N) is 2. The van der Waals surface area contributed by atoms with E-state index in [2.05, 4.69) is 23.8 Å². The highest BCUT2D eigenvalue weighted by atomic mass is 32.2. The van der Waals surface area contributed by atoms with Crippen molar-refractivity contribution in [2.24, 2.45) is 9.98 Å². The molecule has 0 aliphatic carbocycles. The van der Waals surface area contributed by atoms with Gasteiger partial charge in [-0.25, -0.2) is 9.98 Å². The number of aliphatic imine (C=N–C) groups is 2. The summed E-state index contributed by atoms with van der Waals surface area (Å²) < 4.78 is 5.03. The molecule has 1 atom stereocenters. The van der Waals surface area contributed by atoms with Crippen molar-refractivity contribution in [2.75, 3.05) is 6.61 Å². The molecule has 0 unspecified atom stereocenters. The van der Waals surface area contributed by atoms with Gasteiger partial charge in [0.2, 0.25) is 0 Å². The van der Waals surface area contributed by atoms with Gasteiger partial charge in [0.05, 0.1) is 12.3 Å². The third-order valence-electron chi connectivity index (χ3n) is 3.09. The average Bonchev–Trinajstić information content (AvgIpc) is 2.75. The molecule has 0 aromatic heterocycles. The molecule has 1 aromatic carbocycles. The first kappa shape index (κ1) is 14.8. The zero-order chi connectivity index (χ0) is 14.7. The Morgan fingerprint density at radius 2 is 2.10 bits per heavy atom. The summed E-state index contributed by atoms with van der Waals surface area (Å²) in [5.74, 6) is -0.246. The Labute approximate surface area is 123 Å². The van der Waals surface area contributed by atoms with Crippen molar-refractivity contribution in [3.8, 4) is 0 Å². The van der Waals surface area contributed by atoms with Gasteiger partial charge >= 0.3 is 5.97 Å². The van der Waals surface area contributed by atoms with Gasteiger partial charge in [-0.3, -0.25) is 4.79 Å². The second kappa shape index (κ2) is 6.22. The molecule has 2 rings (SSSR count). The van der Waals surface area contributed by atoms with Crippen molar-refractivity contribution in [2.45, 2.75) is 32.9 Å². The lowest BCUT2D eigenvalue weighted by molar-refractivity contribution is -0.141. The Balaban J connectivity index is 2.17. The minimum atomic E-state index is -0.361. The maximum absolute atomic E-state index is 11.8. The summed E-state index contributed by atoms with van der Waals surface area (Å²) in [6.45, 7) is 8.13. The summed E-state index contributed by atoms with van der Waals surface area (Å²) in [6.07, 6.45) is 0. The van der Waals surface area contributed by atoms with Crippen molar-refractivity contribution in [1.29, 1.82) is 0 Å². The van der Waals surface area contributed by atoms with E-state index in [0.29, 0.717) is 11.8 Å². The van der Waals surface area contributed by atoms with Crippen LogP contribution in [0.4, 0.5) is 5.69 Å². The molecule has 1 heterocycles. The van der Waals surface area contributed by atoms with Crippen molar-refractivity contribution in [3.63, 3.8) is 0 Å². The molecule has 0 fully saturated rings. The van der Waals surface area contributed by atoms with Gasteiger partial charge in [0, 0.05) is 5.71 Å². The number of carbonyl (C=O) groups is 1. The van der Waals surface area contributed by atoms with E-state index >= 15 is 0 Å². The van der Waals surface area contributed by atoms with E-state index in [1.165, 1.54) is 22.9 Å². The van der Waals surface area contributed by atoms with Crippen LogP contribution in [-0.2, 0) is 9.53 Å². The van der Waals surface area contributed by atoms with Crippen molar-refractivity contribution < 1.29 is 9.53 Å². The SMILES string of the molecule is CCOC(=O)[C@@H]1SC(=Nc2ccc(C)c(C)c2)N=C1C. The van der Waals surface area contributed by atoms with Gasteiger partial charge in [-0.05, 0) is 51.0 Å². The number of ether oxygens (including phenoxy) is 1. The molecule has 20 heavy (non-hydrogen) atoms. The fourth-order valence-corrected chi connectivity index (χ4v) is 2.77. The maximum atomic E-state index is 11.8. The molecule has 4 nitrogen and oxygen atoms in total. The van der Waals surface area contributed by atoms with E-state index in [1.54, 1.807) is 6.92 Å². The molecule has 0 bridgehead atoms. The van der Waals surface area contributed by atoms with Crippen LogP contribution in [0.3, 0.4) is 0 Å². The smallest absolute Gasteiger partial charge is 0.325 e. The van der Waals surface area contributed by atoms with Crippen molar-refractivity contribution in [1.82, 2.24) is 0 Å². The molecular formula is C15H18N2O2S. The monoisotopic (exact) mass is 290 g/mol. The lowest BCUT2D eigenvalue weighted by Gasteiger charge is -2.07. The summed E-state index contributed by atoms with van der Waals surface area (Å²) in [5.41, 5.74) is 4.03. The Morgan fingerprint density at radius 1 is 1.35 bits per heavy atom. The molecule has 0 amide bonds. The quantitative estimate of drug-likeness (QED) is 0.801. The molecule has 106 valence electrons. The lowest BCUT2D eigenvalue weighted by atomic mass is 10.1. The summed E-state index contributed by atoms with van der Waals surface area (Å²) in [7, 11) is 0. The van der Waals surface area contributed by atoms with Crippen LogP contribution in [0.5, 0.6) is 0 Å². The van der Waals surface area contributed by atoms with Crippen molar-refractivity contribution >= 4 is 34.3 Å². The summed E-state index contributed by atoms with van der Waals surface area (Å²) >= 11 is 1.34. The van der Waals surface area contributed by atoms with Crippen LogP contribution >= 0.6 is 11.8 Å². The Hall–Kier alpha value is -1.62. The van der Waals surface area contributed by atoms with Crippen molar-refractivity contribution in [3.05, 3.63) is 29.3 Å². The Kier molecular flexibility index (Phi) is 4.60. The van der Waals surface area contributed by atoms with Gasteiger partial charge in [0.1, 0.15) is 5.25 Å². The normalized spacial score (nSPS) is 20.1. The first-order valence-corrected chi connectivity index (χ1v) is 7.43. The number of carbonyl (C=O) groups excluding carboxylic acids is 1. The molecule has 0 saturated heterocycles. The predicted octanol–water partition coefficient (Wildman–Crippen LogP) is 3.43. The summed E-state index contributed by atoms with van der Waals surface area (Å²) in [6, 6.07) is 6.01. The fourth-order valence-electron chi connectivity index (χ4n) is 1.82. The fraction of sp³-hybridized carbons (Fsp3) is 0.400. The number of hydrogen-bond donors (Lipinski definition) is 0. The number of aryl methyl sites for hydroxylation is 2. The molecule has 0 N–H and O–H groups in total. The number of benzene rings is 1. The first-order valence-electron chi connectivity index (χ1n) is 6.55. The summed E-state index contributed by atoms with van der Waals surface area (Å²) in [4.78, 5) is 20.6. The number of amidine groups is 1. The van der Waals surface area contributed by atoms with Crippen LogP contribution in [0.25, 0.3) is 0 Å². The second-order valence-electron chi connectivity index (χ2n) is 4.67. The molecule has 1 aliphatic heterocycles. The van der Waals surface area contributed by atoms with Gasteiger partial charge in [-0.1, -0.05) is 17.8 Å². The molecule has 5 heteroatoms. The number of esters is 1. The molecule has 0 radical (unpaired) electrons. The molecular weight excluding hydrogens is 272 g/mol. The zero-order valence-electron chi connectivity index (χ0n) is 12.1. The Bertz CT molecular complexity index is 594. The van der Waals surface area contributed by atoms with Crippen LogP contribution < -0.4 is 0 Å². The van der Waals surface area contributed by atoms with Gasteiger partial charge in [-0.2, -0.15) is 0 Å². The highest BCUT2D eigenvalue weighted by Gasteiger charge is 2.31. The topological polar surface area (TPSA) is 51.0 Å². The van der Waals surface area contributed by atoms with Crippen LogP contribution in [0.1, 0.15) is 25.0 Å². The molecule has 1 aliphatic rings.